The van der Waals surface area contributed by atoms with Gasteiger partial charge in [-0.3, -0.25) is 9.59 Å². The van der Waals surface area contributed by atoms with Crippen LogP contribution in [0, 0.1) is 0 Å². The molecule has 2 rings (SSSR count). The second-order valence-electron chi connectivity index (χ2n) is 5.02. The summed E-state index contributed by atoms with van der Waals surface area (Å²) in [4.78, 5) is 27.7. The van der Waals surface area contributed by atoms with Crippen LogP contribution in [0.3, 0.4) is 0 Å². The molecular formula is C13H18N2O3S. The van der Waals surface area contributed by atoms with E-state index in [0.29, 0.717) is 10.8 Å². The summed E-state index contributed by atoms with van der Waals surface area (Å²) in [5.74, 6) is -0.715. The Morgan fingerprint density at radius 3 is 2.84 bits per heavy atom. The molecule has 1 unspecified atom stereocenters. The lowest BCUT2D eigenvalue weighted by atomic mass is 10.0. The molecule has 0 bridgehead atoms. The van der Waals surface area contributed by atoms with Crippen molar-refractivity contribution in [3.05, 3.63) is 16.1 Å². The van der Waals surface area contributed by atoms with E-state index in [1.807, 2.05) is 0 Å². The summed E-state index contributed by atoms with van der Waals surface area (Å²) in [5.41, 5.74) is 2.59. The van der Waals surface area contributed by atoms with Crippen LogP contribution in [0.1, 0.15) is 60.3 Å². The van der Waals surface area contributed by atoms with Gasteiger partial charge >= 0.3 is 5.97 Å². The topological polar surface area (TPSA) is 79.3 Å². The lowest BCUT2D eigenvalue weighted by Gasteiger charge is -2.13. The van der Waals surface area contributed by atoms with Crippen molar-refractivity contribution in [2.75, 3.05) is 0 Å². The van der Waals surface area contributed by atoms with Crippen LogP contribution in [0.4, 0.5) is 0 Å². The Balaban J connectivity index is 2.03. The van der Waals surface area contributed by atoms with Gasteiger partial charge in [0.25, 0.3) is 5.91 Å². The van der Waals surface area contributed by atoms with Crippen molar-refractivity contribution >= 4 is 23.2 Å². The molecule has 1 saturated carbocycles. The summed E-state index contributed by atoms with van der Waals surface area (Å²) in [6.45, 7) is 1.70. The fourth-order valence-corrected chi connectivity index (χ4v) is 3.29. The lowest BCUT2D eigenvalue weighted by molar-refractivity contribution is -0.137. The van der Waals surface area contributed by atoms with Crippen LogP contribution in [-0.2, 0) is 4.79 Å². The van der Waals surface area contributed by atoms with E-state index >= 15 is 0 Å². The molecule has 1 amide bonds. The lowest BCUT2D eigenvalue weighted by Crippen LogP contribution is -2.34. The first-order valence-electron chi connectivity index (χ1n) is 6.54. The van der Waals surface area contributed by atoms with Crippen molar-refractivity contribution in [3.8, 4) is 0 Å². The van der Waals surface area contributed by atoms with Gasteiger partial charge in [0, 0.05) is 12.0 Å². The number of hydrogen-bond acceptors (Lipinski definition) is 4. The highest BCUT2D eigenvalue weighted by Gasteiger charge is 2.26. The van der Waals surface area contributed by atoms with E-state index in [4.69, 9.17) is 5.11 Å². The molecule has 0 spiro atoms. The maximum absolute atomic E-state index is 12.1. The van der Waals surface area contributed by atoms with E-state index in [9.17, 15) is 9.59 Å². The van der Waals surface area contributed by atoms with E-state index in [1.54, 1.807) is 12.4 Å². The van der Waals surface area contributed by atoms with Crippen LogP contribution < -0.4 is 5.32 Å². The predicted octanol–water partition coefficient (Wildman–Crippen LogP) is 2.39. The van der Waals surface area contributed by atoms with E-state index in [1.165, 1.54) is 24.2 Å². The molecule has 0 saturated heterocycles. The molecule has 1 aliphatic rings. The van der Waals surface area contributed by atoms with Gasteiger partial charge in [0.15, 0.2) is 0 Å². The molecule has 0 radical (unpaired) electrons. The summed E-state index contributed by atoms with van der Waals surface area (Å²) in [5, 5.41) is 11.4. The molecule has 2 N–H and O–H groups in total. The molecule has 1 atom stereocenters. The second-order valence-corrected chi connectivity index (χ2v) is 5.88. The molecule has 104 valence electrons. The SMILES string of the molecule is CC(CC(=O)O)NC(=O)c1scnc1C1CCCC1. The Kier molecular flexibility index (Phi) is 4.52. The number of carbonyl (C=O) groups excluding carboxylic acids is 1. The largest absolute Gasteiger partial charge is 0.481 e. The number of aromatic nitrogens is 1. The minimum absolute atomic E-state index is 0.0662. The standard InChI is InChI=1S/C13H18N2O3S/c1-8(6-10(16)17)15-13(18)12-11(14-7-19-12)9-4-2-3-5-9/h7-9H,2-6H2,1H3,(H,15,18)(H,16,17). The molecular weight excluding hydrogens is 264 g/mol. The number of hydrogen-bond donors (Lipinski definition) is 2. The Labute approximate surface area is 116 Å². The summed E-state index contributed by atoms with van der Waals surface area (Å²) >= 11 is 1.33. The minimum Gasteiger partial charge on any atom is -0.481 e. The zero-order chi connectivity index (χ0) is 13.8. The number of nitrogens with one attached hydrogen (secondary N) is 1. The van der Waals surface area contributed by atoms with E-state index in [2.05, 4.69) is 10.3 Å². The van der Waals surface area contributed by atoms with Crippen molar-refractivity contribution in [1.82, 2.24) is 10.3 Å². The average Bonchev–Trinajstić information content (AvgIpc) is 2.98. The van der Waals surface area contributed by atoms with Crippen molar-refractivity contribution in [2.45, 2.75) is 51.0 Å². The van der Waals surface area contributed by atoms with Gasteiger partial charge in [-0.1, -0.05) is 12.8 Å². The molecule has 0 aromatic carbocycles. The number of carboxylic acids is 1. The zero-order valence-corrected chi connectivity index (χ0v) is 11.7. The van der Waals surface area contributed by atoms with Crippen LogP contribution in [0.5, 0.6) is 0 Å². The van der Waals surface area contributed by atoms with Gasteiger partial charge in [-0.25, -0.2) is 4.98 Å². The quantitative estimate of drug-likeness (QED) is 0.869. The highest BCUT2D eigenvalue weighted by Crippen LogP contribution is 2.36. The molecule has 1 aromatic heterocycles. The van der Waals surface area contributed by atoms with E-state index in [-0.39, 0.29) is 18.4 Å². The average molecular weight is 282 g/mol. The fourth-order valence-electron chi connectivity index (χ4n) is 2.52. The fraction of sp³-hybridized carbons (Fsp3) is 0.615. The third-order valence-electron chi connectivity index (χ3n) is 3.40. The number of carboxylic acid groups (broad SMARTS) is 1. The molecule has 1 aromatic rings. The van der Waals surface area contributed by atoms with Crippen molar-refractivity contribution in [1.29, 1.82) is 0 Å². The van der Waals surface area contributed by atoms with Gasteiger partial charge in [0.1, 0.15) is 4.88 Å². The molecule has 0 aliphatic heterocycles. The third-order valence-corrected chi connectivity index (χ3v) is 4.24. The number of carbonyl (C=O) groups is 2. The van der Waals surface area contributed by atoms with Crippen LogP contribution >= 0.6 is 11.3 Å². The zero-order valence-electron chi connectivity index (χ0n) is 10.9. The smallest absolute Gasteiger partial charge is 0.305 e. The van der Waals surface area contributed by atoms with Crippen molar-refractivity contribution in [2.24, 2.45) is 0 Å². The number of aliphatic carboxylic acids is 1. The van der Waals surface area contributed by atoms with E-state index in [0.717, 1.165) is 18.5 Å². The van der Waals surface area contributed by atoms with E-state index < -0.39 is 5.97 Å². The molecule has 1 aliphatic carbocycles. The van der Waals surface area contributed by atoms with Gasteiger partial charge in [-0.15, -0.1) is 11.3 Å². The predicted molar refractivity (Wildman–Crippen MR) is 72.5 cm³/mol. The number of rotatable bonds is 5. The molecule has 5 nitrogen and oxygen atoms in total. The summed E-state index contributed by atoms with van der Waals surface area (Å²) in [6.07, 6.45) is 4.50. The third kappa shape index (κ3) is 3.53. The normalized spacial score (nSPS) is 17.3. The molecule has 1 fully saturated rings. The number of thiazole rings is 1. The summed E-state index contributed by atoms with van der Waals surface area (Å²) in [7, 11) is 0. The first kappa shape index (κ1) is 14.0. The Bertz CT molecular complexity index is 466. The van der Waals surface area contributed by atoms with Crippen molar-refractivity contribution < 1.29 is 14.7 Å². The van der Waals surface area contributed by atoms with Crippen molar-refractivity contribution in [3.63, 3.8) is 0 Å². The maximum Gasteiger partial charge on any atom is 0.305 e. The number of nitrogens with zero attached hydrogens (tertiary/aromatic N) is 1. The van der Waals surface area contributed by atoms with Crippen LogP contribution in [0.25, 0.3) is 0 Å². The summed E-state index contributed by atoms with van der Waals surface area (Å²) in [6, 6.07) is -0.372. The molecule has 1 heterocycles. The van der Waals surface area contributed by atoms with Gasteiger partial charge in [-0.2, -0.15) is 0 Å². The summed E-state index contributed by atoms with van der Waals surface area (Å²) < 4.78 is 0. The highest BCUT2D eigenvalue weighted by molar-refractivity contribution is 7.11. The Morgan fingerprint density at radius 1 is 1.53 bits per heavy atom. The minimum atomic E-state index is -0.909. The first-order valence-corrected chi connectivity index (χ1v) is 7.42. The van der Waals surface area contributed by atoms with Gasteiger partial charge in [0.05, 0.1) is 17.6 Å². The van der Waals surface area contributed by atoms with Crippen LogP contribution in [-0.4, -0.2) is 28.0 Å². The molecule has 6 heteroatoms. The van der Waals surface area contributed by atoms with Crippen LogP contribution in [0.2, 0.25) is 0 Å². The Morgan fingerprint density at radius 2 is 2.21 bits per heavy atom. The highest BCUT2D eigenvalue weighted by atomic mass is 32.1. The second kappa shape index (κ2) is 6.14. The first-order chi connectivity index (χ1) is 9.08. The van der Waals surface area contributed by atoms with Gasteiger partial charge in [0.2, 0.25) is 0 Å². The maximum atomic E-state index is 12.1. The van der Waals surface area contributed by atoms with Crippen LogP contribution in [0.15, 0.2) is 5.51 Å². The monoisotopic (exact) mass is 282 g/mol. The van der Waals surface area contributed by atoms with Gasteiger partial charge < -0.3 is 10.4 Å². The molecule has 19 heavy (non-hydrogen) atoms. The number of amides is 1. The Hall–Kier alpha value is -1.43. The van der Waals surface area contributed by atoms with Gasteiger partial charge in [-0.05, 0) is 19.8 Å².